The summed E-state index contributed by atoms with van der Waals surface area (Å²) in [6, 6.07) is 0. The highest BCUT2D eigenvalue weighted by Gasteiger charge is 1.99. The lowest BCUT2D eigenvalue weighted by molar-refractivity contribution is 0.820. The van der Waals surface area contributed by atoms with Gasteiger partial charge in [-0.15, -0.1) is 0 Å². The minimum atomic E-state index is 0.548. The molecule has 0 amide bonds. The van der Waals surface area contributed by atoms with E-state index in [4.69, 9.17) is 5.41 Å². The van der Waals surface area contributed by atoms with Gasteiger partial charge in [0, 0.05) is 5.41 Å². The molecule has 0 aliphatic heterocycles. The zero-order valence-corrected chi connectivity index (χ0v) is 8.99. The first-order valence-electron chi connectivity index (χ1n) is 2.93. The molecule has 0 saturated heterocycles. The summed E-state index contributed by atoms with van der Waals surface area (Å²) in [5.41, 5.74) is 0. The Bertz CT molecular complexity index is 168. The summed E-state index contributed by atoms with van der Waals surface area (Å²) in [5.74, 6) is 2.78. The van der Waals surface area contributed by atoms with Crippen LogP contribution in [0.15, 0.2) is 14.4 Å². The highest BCUT2D eigenvalue weighted by atomic mass is 127. The summed E-state index contributed by atoms with van der Waals surface area (Å²) in [7, 11) is 0. The van der Waals surface area contributed by atoms with Crippen LogP contribution in [0.5, 0.6) is 0 Å². The van der Waals surface area contributed by atoms with E-state index in [1.165, 1.54) is 4.91 Å². The van der Waals surface area contributed by atoms with Crippen LogP contribution in [0, 0.1) is 11.3 Å². The van der Waals surface area contributed by atoms with Crippen molar-refractivity contribution in [3.8, 4) is 0 Å². The van der Waals surface area contributed by atoms with Gasteiger partial charge in [-0.25, -0.2) is 0 Å². The molecule has 0 spiro atoms. The quantitative estimate of drug-likeness (QED) is 0.614. The van der Waals surface area contributed by atoms with E-state index in [9.17, 15) is 0 Å². The van der Waals surface area contributed by atoms with Crippen molar-refractivity contribution < 1.29 is 0 Å². The molecule has 0 atom stereocenters. The van der Waals surface area contributed by atoms with Gasteiger partial charge >= 0.3 is 0 Å². The van der Waals surface area contributed by atoms with E-state index in [-0.39, 0.29) is 0 Å². The van der Waals surface area contributed by atoms with Crippen molar-refractivity contribution in [2.24, 2.45) is 5.92 Å². The molecule has 0 aromatic heterocycles. The van der Waals surface area contributed by atoms with Crippen molar-refractivity contribution >= 4 is 40.2 Å². The van der Waals surface area contributed by atoms with Crippen LogP contribution in [0.1, 0.15) is 13.8 Å². The lowest BCUT2D eigenvalue weighted by Gasteiger charge is -2.04. The third-order valence-electron chi connectivity index (χ3n) is 0.931. The molecule has 0 aliphatic carbocycles. The van der Waals surface area contributed by atoms with Gasteiger partial charge in [-0.2, -0.15) is 0 Å². The van der Waals surface area contributed by atoms with E-state index in [0.717, 1.165) is 0 Å². The molecule has 0 aromatic rings. The van der Waals surface area contributed by atoms with Crippen LogP contribution in [0.4, 0.5) is 0 Å². The van der Waals surface area contributed by atoms with E-state index in [0.29, 0.717) is 5.92 Å². The van der Waals surface area contributed by atoms with Crippen LogP contribution in [-0.4, -0.2) is 5.87 Å². The van der Waals surface area contributed by atoms with Crippen molar-refractivity contribution in [3.63, 3.8) is 0 Å². The van der Waals surface area contributed by atoms with Gasteiger partial charge < -0.3 is 0 Å². The van der Waals surface area contributed by atoms with Gasteiger partial charge in [-0.3, -0.25) is 5.41 Å². The minimum absolute atomic E-state index is 0.548. The van der Waals surface area contributed by atoms with Gasteiger partial charge in [0.25, 0.3) is 0 Å². The van der Waals surface area contributed by atoms with Crippen LogP contribution < -0.4 is 0 Å². The molecule has 0 heterocycles. The molecular formula is C7H10INS. The number of halogens is 1. The molecule has 0 unspecified atom stereocenters. The standard InChI is InChI=1S/C7H10INS/c1-6(2)7(5-8)10-4-3-9/h4-6,9H,1-2H3/b7-5-. The average molecular weight is 267 g/mol. The second kappa shape index (κ2) is 6.01. The topological polar surface area (TPSA) is 23.9 Å². The Kier molecular flexibility index (Phi) is 6.17. The third-order valence-corrected chi connectivity index (χ3v) is 3.12. The number of hydrogen-bond acceptors (Lipinski definition) is 2. The first-order valence-corrected chi connectivity index (χ1v) is 5.05. The molecule has 0 fully saturated rings. The highest BCUT2D eigenvalue weighted by molar-refractivity contribution is 14.1. The molecule has 10 heavy (non-hydrogen) atoms. The second-order valence-corrected chi connectivity index (χ2v) is 3.61. The summed E-state index contributed by atoms with van der Waals surface area (Å²) in [5, 5.41) is 8.31. The van der Waals surface area contributed by atoms with E-state index in [1.807, 2.05) is 4.08 Å². The Morgan fingerprint density at radius 2 is 2.30 bits per heavy atom. The first kappa shape index (κ1) is 10.3. The fourth-order valence-electron chi connectivity index (χ4n) is 0.385. The number of hydrogen-bond donors (Lipinski definition) is 1. The van der Waals surface area contributed by atoms with Gasteiger partial charge in [-0.1, -0.05) is 48.2 Å². The Morgan fingerprint density at radius 3 is 2.60 bits per heavy atom. The molecule has 0 aliphatic rings. The zero-order valence-electron chi connectivity index (χ0n) is 6.02. The monoisotopic (exact) mass is 267 g/mol. The van der Waals surface area contributed by atoms with Crippen LogP contribution in [0.3, 0.4) is 0 Å². The Morgan fingerprint density at radius 1 is 1.70 bits per heavy atom. The van der Waals surface area contributed by atoms with E-state index in [1.54, 1.807) is 17.2 Å². The second-order valence-electron chi connectivity index (χ2n) is 2.05. The summed E-state index contributed by atoms with van der Waals surface area (Å²) >= 11 is 3.77. The summed E-state index contributed by atoms with van der Waals surface area (Å²) in [6.07, 6.45) is 0. The normalized spacial score (nSPS) is 11.4. The summed E-state index contributed by atoms with van der Waals surface area (Å²) in [6.45, 7) is 4.27. The van der Waals surface area contributed by atoms with Gasteiger partial charge in [-0.05, 0) is 20.8 Å². The van der Waals surface area contributed by atoms with Crippen LogP contribution >= 0.6 is 34.4 Å². The SMILES string of the molecule is CC(C)/C(=C/I)SC=C=N. The molecule has 0 radical (unpaired) electrons. The van der Waals surface area contributed by atoms with E-state index < -0.39 is 0 Å². The Labute approximate surface area is 79.6 Å². The maximum Gasteiger partial charge on any atom is 0.0365 e. The fourth-order valence-corrected chi connectivity index (χ4v) is 2.06. The van der Waals surface area contributed by atoms with Crippen LogP contribution in [0.2, 0.25) is 0 Å². The smallest absolute Gasteiger partial charge is 0.0365 e. The minimum Gasteiger partial charge on any atom is -0.258 e. The van der Waals surface area contributed by atoms with Crippen molar-refractivity contribution in [1.82, 2.24) is 0 Å². The maximum atomic E-state index is 6.66. The van der Waals surface area contributed by atoms with Crippen LogP contribution in [-0.2, 0) is 0 Å². The first-order chi connectivity index (χ1) is 4.72. The largest absolute Gasteiger partial charge is 0.258 e. The molecule has 1 N–H and O–H groups in total. The molecule has 3 heteroatoms. The third kappa shape index (κ3) is 4.14. The number of thioether (sulfide) groups is 1. The predicted octanol–water partition coefficient (Wildman–Crippen LogP) is 3.41. The van der Waals surface area contributed by atoms with Gasteiger partial charge in [0.1, 0.15) is 0 Å². The van der Waals surface area contributed by atoms with Gasteiger partial charge in [0.05, 0.1) is 0 Å². The molecule has 0 rings (SSSR count). The lowest BCUT2D eigenvalue weighted by atomic mass is 10.2. The molecule has 1 nitrogen and oxygen atoms in total. The van der Waals surface area contributed by atoms with E-state index >= 15 is 0 Å². The fraction of sp³-hybridized carbons (Fsp3) is 0.429. The van der Waals surface area contributed by atoms with Crippen molar-refractivity contribution in [2.75, 3.05) is 0 Å². The lowest BCUT2D eigenvalue weighted by Crippen LogP contribution is -1.85. The predicted molar refractivity (Wildman–Crippen MR) is 56.8 cm³/mol. The van der Waals surface area contributed by atoms with Crippen molar-refractivity contribution in [2.45, 2.75) is 13.8 Å². The number of allylic oxidation sites excluding steroid dienone is 1. The molecule has 56 valence electrons. The van der Waals surface area contributed by atoms with E-state index in [2.05, 4.69) is 42.3 Å². The molecule has 0 saturated carbocycles. The van der Waals surface area contributed by atoms with Gasteiger partial charge in [0.2, 0.25) is 0 Å². The van der Waals surface area contributed by atoms with Crippen molar-refractivity contribution in [1.29, 1.82) is 5.41 Å². The number of nitrogens with one attached hydrogen (secondary N) is 1. The van der Waals surface area contributed by atoms with Crippen LogP contribution in [0.25, 0.3) is 0 Å². The average Bonchev–Trinajstić information content (AvgIpc) is 1.89. The molecule has 0 bridgehead atoms. The van der Waals surface area contributed by atoms with Gasteiger partial charge in [0.15, 0.2) is 0 Å². The molecule has 0 aromatic carbocycles. The summed E-state index contributed by atoms with van der Waals surface area (Å²) in [4.78, 5) is 1.28. The van der Waals surface area contributed by atoms with Crippen molar-refractivity contribution in [3.05, 3.63) is 14.4 Å². The number of rotatable bonds is 3. The Hall–Kier alpha value is 0.270. The summed E-state index contributed by atoms with van der Waals surface area (Å²) < 4.78 is 2.04. The maximum absolute atomic E-state index is 6.66. The molecular weight excluding hydrogens is 257 g/mol. The Balaban J connectivity index is 3.98. The highest BCUT2D eigenvalue weighted by Crippen LogP contribution is 2.25. The zero-order chi connectivity index (χ0) is 7.98.